The van der Waals surface area contributed by atoms with Gasteiger partial charge < -0.3 is 14.2 Å². The molecule has 0 aliphatic rings. The molecule has 0 atom stereocenters. The van der Waals surface area contributed by atoms with Crippen molar-refractivity contribution in [3.05, 3.63) is 76.2 Å². The molecular formula is C24H21FN6O4. The number of benzene rings is 2. The van der Waals surface area contributed by atoms with Crippen LogP contribution in [0.2, 0.25) is 0 Å². The summed E-state index contributed by atoms with van der Waals surface area (Å²) in [4.78, 5) is 17.7. The van der Waals surface area contributed by atoms with Crippen LogP contribution in [0.15, 0.2) is 53.6 Å². The molecule has 0 aliphatic heterocycles. The van der Waals surface area contributed by atoms with Gasteiger partial charge in [-0.25, -0.2) is 9.37 Å². The maximum atomic E-state index is 13.5. The highest BCUT2D eigenvalue weighted by Gasteiger charge is 2.20. The van der Waals surface area contributed by atoms with Crippen LogP contribution in [-0.2, 0) is 17.9 Å². The molecule has 5 aromatic rings. The van der Waals surface area contributed by atoms with Crippen molar-refractivity contribution < 1.29 is 18.6 Å². The zero-order valence-electron chi connectivity index (χ0n) is 19.2. The number of fused-ring (bicyclic) bond motifs is 3. The number of hydrogen-bond donors (Lipinski definition) is 0. The maximum Gasteiger partial charge on any atom is 0.283 e. The van der Waals surface area contributed by atoms with Gasteiger partial charge in [-0.05, 0) is 35.4 Å². The van der Waals surface area contributed by atoms with Crippen molar-refractivity contribution >= 4 is 16.8 Å². The van der Waals surface area contributed by atoms with Crippen LogP contribution in [0.4, 0.5) is 4.39 Å². The van der Waals surface area contributed by atoms with E-state index in [1.807, 2.05) is 6.07 Å². The van der Waals surface area contributed by atoms with Crippen LogP contribution in [0.3, 0.4) is 0 Å². The van der Waals surface area contributed by atoms with E-state index in [4.69, 9.17) is 14.2 Å². The summed E-state index contributed by atoms with van der Waals surface area (Å²) >= 11 is 0. The minimum atomic E-state index is -0.369. The Bertz CT molecular complexity index is 1600. The fourth-order valence-electron chi connectivity index (χ4n) is 3.94. The molecular weight excluding hydrogens is 455 g/mol. The van der Waals surface area contributed by atoms with Crippen LogP contribution in [0.5, 0.6) is 11.5 Å². The van der Waals surface area contributed by atoms with Gasteiger partial charge >= 0.3 is 0 Å². The molecule has 0 aliphatic carbocycles. The third kappa shape index (κ3) is 3.95. The molecule has 10 nitrogen and oxygen atoms in total. The average molecular weight is 476 g/mol. The summed E-state index contributed by atoms with van der Waals surface area (Å²) < 4.78 is 32.3. The van der Waals surface area contributed by atoms with Crippen molar-refractivity contribution in [2.75, 3.05) is 21.3 Å². The third-order valence-corrected chi connectivity index (χ3v) is 5.59. The molecule has 3 aromatic heterocycles. The van der Waals surface area contributed by atoms with Gasteiger partial charge in [-0.3, -0.25) is 9.36 Å². The Morgan fingerprint density at radius 2 is 1.71 bits per heavy atom. The standard InChI is InChI=1S/C24H21FN6O4/c1-33-12-17-20(15-5-7-16(25)8-6-15)22-28-27-21-23(31(22)29-17)26-13-30(24(21)32)11-14-4-9-18(34-2)19(10-14)35-3/h4-10,13H,11-12H2,1-3H3. The number of aromatic nitrogens is 6. The first-order valence-corrected chi connectivity index (χ1v) is 10.6. The molecule has 35 heavy (non-hydrogen) atoms. The minimum absolute atomic E-state index is 0.0672. The zero-order chi connectivity index (χ0) is 24.5. The lowest BCUT2D eigenvalue weighted by Crippen LogP contribution is -2.23. The molecule has 5 rings (SSSR count). The SMILES string of the molecule is COCc1nn2c(nnc3c(=O)n(Cc4ccc(OC)c(OC)c4)cnc32)c1-c1ccc(F)cc1. The first-order chi connectivity index (χ1) is 17.0. The van der Waals surface area contributed by atoms with Gasteiger partial charge in [0.2, 0.25) is 0 Å². The Kier molecular flexibility index (Phi) is 5.83. The quantitative estimate of drug-likeness (QED) is 0.353. The first-order valence-electron chi connectivity index (χ1n) is 10.6. The van der Waals surface area contributed by atoms with Crippen LogP contribution in [-0.4, -0.2) is 50.7 Å². The van der Waals surface area contributed by atoms with Crippen LogP contribution >= 0.6 is 0 Å². The summed E-state index contributed by atoms with van der Waals surface area (Å²) in [7, 11) is 4.66. The van der Waals surface area contributed by atoms with Gasteiger partial charge in [0.05, 0.1) is 38.6 Å². The summed E-state index contributed by atoms with van der Waals surface area (Å²) in [6.45, 7) is 0.435. The summed E-state index contributed by atoms with van der Waals surface area (Å²) in [6, 6.07) is 11.4. The number of hydrogen-bond acceptors (Lipinski definition) is 8. The van der Waals surface area contributed by atoms with E-state index in [2.05, 4.69) is 20.3 Å². The van der Waals surface area contributed by atoms with Crippen molar-refractivity contribution in [1.82, 2.24) is 29.4 Å². The zero-order valence-corrected chi connectivity index (χ0v) is 19.2. The molecule has 0 amide bonds. The van der Waals surface area contributed by atoms with E-state index in [1.54, 1.807) is 45.6 Å². The largest absolute Gasteiger partial charge is 0.493 e. The van der Waals surface area contributed by atoms with Crippen LogP contribution in [0.1, 0.15) is 11.3 Å². The van der Waals surface area contributed by atoms with Gasteiger partial charge in [-0.15, -0.1) is 10.2 Å². The number of methoxy groups -OCH3 is 3. The monoisotopic (exact) mass is 476 g/mol. The van der Waals surface area contributed by atoms with Gasteiger partial charge in [0, 0.05) is 7.11 Å². The van der Waals surface area contributed by atoms with Crippen molar-refractivity contribution in [2.45, 2.75) is 13.2 Å². The van der Waals surface area contributed by atoms with Gasteiger partial charge in [0.25, 0.3) is 5.56 Å². The summed E-state index contributed by atoms with van der Waals surface area (Å²) in [5.74, 6) is 0.798. The van der Waals surface area contributed by atoms with Crippen molar-refractivity contribution in [3.8, 4) is 22.6 Å². The van der Waals surface area contributed by atoms with E-state index in [0.29, 0.717) is 34.0 Å². The molecule has 0 spiro atoms. The number of rotatable bonds is 7. The number of halogens is 1. The lowest BCUT2D eigenvalue weighted by atomic mass is 10.1. The topological polar surface area (TPSA) is 106 Å². The van der Waals surface area contributed by atoms with E-state index < -0.39 is 0 Å². The second-order valence-corrected chi connectivity index (χ2v) is 7.74. The lowest BCUT2D eigenvalue weighted by molar-refractivity contribution is 0.181. The highest BCUT2D eigenvalue weighted by atomic mass is 19.1. The molecule has 0 N–H and O–H groups in total. The fourth-order valence-corrected chi connectivity index (χ4v) is 3.94. The smallest absolute Gasteiger partial charge is 0.283 e. The van der Waals surface area contributed by atoms with E-state index in [0.717, 1.165) is 5.56 Å². The van der Waals surface area contributed by atoms with Crippen LogP contribution < -0.4 is 15.0 Å². The Morgan fingerprint density at radius 3 is 2.43 bits per heavy atom. The molecule has 178 valence electrons. The van der Waals surface area contributed by atoms with Gasteiger partial charge in [-0.1, -0.05) is 18.2 Å². The minimum Gasteiger partial charge on any atom is -0.493 e. The van der Waals surface area contributed by atoms with Gasteiger partial charge in [0.15, 0.2) is 28.3 Å². The van der Waals surface area contributed by atoms with Crippen LogP contribution in [0, 0.1) is 5.82 Å². The molecule has 0 bridgehead atoms. The maximum absolute atomic E-state index is 13.5. The number of ether oxygens (including phenoxy) is 3. The summed E-state index contributed by atoms with van der Waals surface area (Å²) in [6.07, 6.45) is 1.44. The normalized spacial score (nSPS) is 11.3. The van der Waals surface area contributed by atoms with Crippen molar-refractivity contribution in [1.29, 1.82) is 0 Å². The van der Waals surface area contributed by atoms with E-state index in [-0.39, 0.29) is 35.7 Å². The van der Waals surface area contributed by atoms with E-state index in [1.165, 1.54) is 27.5 Å². The highest BCUT2D eigenvalue weighted by molar-refractivity contribution is 5.83. The van der Waals surface area contributed by atoms with Crippen molar-refractivity contribution in [2.24, 2.45) is 0 Å². The predicted molar refractivity (Wildman–Crippen MR) is 125 cm³/mol. The highest BCUT2D eigenvalue weighted by Crippen LogP contribution is 2.29. The molecule has 0 radical (unpaired) electrons. The second-order valence-electron chi connectivity index (χ2n) is 7.74. The Balaban J connectivity index is 1.62. The molecule has 0 fully saturated rings. The fraction of sp³-hybridized carbons (Fsp3) is 0.208. The molecule has 0 saturated heterocycles. The Morgan fingerprint density at radius 1 is 0.943 bits per heavy atom. The number of nitrogens with zero attached hydrogens (tertiary/aromatic N) is 6. The first kappa shape index (κ1) is 22.4. The summed E-state index contributed by atoms with van der Waals surface area (Å²) in [5, 5.41) is 13.0. The van der Waals surface area contributed by atoms with E-state index >= 15 is 0 Å². The molecule has 0 saturated carbocycles. The summed E-state index contributed by atoms with van der Waals surface area (Å²) in [5.41, 5.74) is 3.07. The molecule has 11 heteroatoms. The average Bonchev–Trinajstić information content (AvgIpc) is 3.24. The van der Waals surface area contributed by atoms with Crippen LogP contribution in [0.25, 0.3) is 27.9 Å². The Labute approximate surface area is 198 Å². The van der Waals surface area contributed by atoms with Gasteiger partial charge in [-0.2, -0.15) is 9.61 Å². The van der Waals surface area contributed by atoms with Crippen molar-refractivity contribution in [3.63, 3.8) is 0 Å². The lowest BCUT2D eigenvalue weighted by Gasteiger charge is -2.11. The molecule has 3 heterocycles. The third-order valence-electron chi connectivity index (χ3n) is 5.59. The predicted octanol–water partition coefficient (Wildman–Crippen LogP) is 2.85. The van der Waals surface area contributed by atoms with Gasteiger partial charge in [0.1, 0.15) is 12.1 Å². The molecule has 0 unspecified atom stereocenters. The Hall–Kier alpha value is -4.38. The van der Waals surface area contributed by atoms with E-state index in [9.17, 15) is 9.18 Å². The molecule has 2 aromatic carbocycles. The second kappa shape index (κ2) is 9.11.